The molecule has 1 aliphatic carbocycles. The molecule has 3 aliphatic rings. The lowest BCUT2D eigenvalue weighted by atomic mass is 9.92. The molecule has 0 spiro atoms. The number of nitrogens with zero attached hydrogens (tertiary/aromatic N) is 3. The molecule has 2 heterocycles. The highest BCUT2D eigenvalue weighted by atomic mass is 16.7. The fourth-order valence-corrected chi connectivity index (χ4v) is 4.86. The molecule has 14 nitrogen and oxygen atoms in total. The van der Waals surface area contributed by atoms with Crippen molar-refractivity contribution in [3.8, 4) is 0 Å². The molecular weight excluding hydrogens is 522 g/mol. The first-order valence-corrected chi connectivity index (χ1v) is 13.5. The second kappa shape index (κ2) is 13.6. The van der Waals surface area contributed by atoms with E-state index in [0.717, 1.165) is 29.4 Å². The molecule has 2 fully saturated rings. The van der Waals surface area contributed by atoms with Crippen molar-refractivity contribution in [2.24, 2.45) is 4.99 Å². The number of ether oxygens (including phenoxy) is 1. The molecule has 0 bridgehead atoms. The maximum absolute atomic E-state index is 12.9. The molecule has 14 heteroatoms. The number of hydrogen-bond donors (Lipinski definition) is 4. The minimum atomic E-state index is -0.971. The molecule has 5 amide bonds. The standard InChI is InChI=1S/C26H35N7O7/c1-17(34)32(15-13-22(35)40-31-26(38)39-16-18-8-3-2-4-9-18)33-23(36)21(30-25(33)37)12-7-14-27-24-28-19-10-5-6-11-20(19)29-24/h2-4,8-9,19-21H,5-7,10-16H2,1H3,(H,30,37)(H,31,38)(H2,27,28,29)/t19-,20+,21-/m0/s1. The minimum Gasteiger partial charge on any atom is -0.443 e. The van der Waals surface area contributed by atoms with Gasteiger partial charge in [0.15, 0.2) is 5.96 Å². The number of benzene rings is 1. The molecule has 0 unspecified atom stereocenters. The lowest BCUT2D eigenvalue weighted by Gasteiger charge is -2.27. The van der Waals surface area contributed by atoms with Crippen LogP contribution in [0.15, 0.2) is 35.3 Å². The largest absolute Gasteiger partial charge is 0.443 e. The maximum atomic E-state index is 12.9. The first kappa shape index (κ1) is 28.6. The SMILES string of the molecule is CC(=O)N(CCC(=O)ONC(=O)OCc1ccccc1)N1C(=O)N[C@@H](CCCNC2=N[C@@H]3CCCC[C@@H]3N2)C1=O. The Hall–Kier alpha value is -4.36. The Kier molecular flexibility index (Phi) is 9.76. The molecule has 216 valence electrons. The van der Waals surface area contributed by atoms with Gasteiger partial charge >= 0.3 is 18.1 Å². The molecule has 1 aromatic carbocycles. The molecule has 4 N–H and O–H groups in total. The molecular formula is C26H35N7O7. The Balaban J connectivity index is 1.17. The summed E-state index contributed by atoms with van der Waals surface area (Å²) >= 11 is 0. The summed E-state index contributed by atoms with van der Waals surface area (Å²) < 4.78 is 4.94. The van der Waals surface area contributed by atoms with Gasteiger partial charge in [0.25, 0.3) is 5.91 Å². The van der Waals surface area contributed by atoms with Gasteiger partial charge in [0, 0.05) is 13.5 Å². The number of aliphatic imine (C=N–C) groups is 1. The fraction of sp³-hybridized carbons (Fsp3) is 0.538. The van der Waals surface area contributed by atoms with Crippen LogP contribution in [0.5, 0.6) is 0 Å². The molecule has 0 aromatic heterocycles. The Morgan fingerprint density at radius 3 is 2.65 bits per heavy atom. The highest BCUT2D eigenvalue weighted by molar-refractivity contribution is 6.05. The van der Waals surface area contributed by atoms with Crippen LogP contribution in [-0.4, -0.2) is 77.1 Å². The zero-order chi connectivity index (χ0) is 28.5. The molecule has 3 atom stereocenters. The topological polar surface area (TPSA) is 171 Å². The van der Waals surface area contributed by atoms with E-state index in [1.807, 2.05) is 11.5 Å². The molecule has 1 aromatic rings. The van der Waals surface area contributed by atoms with Crippen LogP contribution >= 0.6 is 0 Å². The van der Waals surface area contributed by atoms with Gasteiger partial charge in [-0.3, -0.25) is 9.59 Å². The van der Waals surface area contributed by atoms with Crippen LogP contribution < -0.4 is 21.4 Å². The number of amides is 5. The van der Waals surface area contributed by atoms with Crippen molar-refractivity contribution in [2.75, 3.05) is 13.1 Å². The van der Waals surface area contributed by atoms with E-state index in [2.05, 4.69) is 25.8 Å². The second-order valence-electron chi connectivity index (χ2n) is 9.83. The van der Waals surface area contributed by atoms with E-state index in [9.17, 15) is 24.0 Å². The van der Waals surface area contributed by atoms with Crippen molar-refractivity contribution in [1.82, 2.24) is 31.4 Å². The molecule has 1 saturated heterocycles. The van der Waals surface area contributed by atoms with Crippen LogP contribution in [0.25, 0.3) is 0 Å². The molecule has 0 radical (unpaired) electrons. The van der Waals surface area contributed by atoms with Crippen molar-refractivity contribution in [3.05, 3.63) is 35.9 Å². The van der Waals surface area contributed by atoms with E-state index >= 15 is 0 Å². The third-order valence-corrected chi connectivity index (χ3v) is 6.90. The van der Waals surface area contributed by atoms with Crippen molar-refractivity contribution in [2.45, 2.75) is 76.6 Å². The Bertz CT molecular complexity index is 1130. The summed E-state index contributed by atoms with van der Waals surface area (Å²) in [5.41, 5.74) is 2.62. The molecule has 1 saturated carbocycles. The number of hydrazine groups is 1. The van der Waals surface area contributed by atoms with Gasteiger partial charge in [0.1, 0.15) is 12.6 Å². The van der Waals surface area contributed by atoms with Gasteiger partial charge in [-0.25, -0.2) is 24.4 Å². The average molecular weight is 558 g/mol. The summed E-state index contributed by atoms with van der Waals surface area (Å²) in [7, 11) is 0. The fourth-order valence-electron chi connectivity index (χ4n) is 4.86. The van der Waals surface area contributed by atoms with Crippen LogP contribution in [0, 0.1) is 0 Å². The zero-order valence-corrected chi connectivity index (χ0v) is 22.4. The maximum Gasteiger partial charge on any atom is 0.441 e. The number of rotatable bonds is 10. The van der Waals surface area contributed by atoms with E-state index in [-0.39, 0.29) is 19.6 Å². The molecule has 2 aliphatic heterocycles. The number of hydroxylamine groups is 1. The lowest BCUT2D eigenvalue weighted by molar-refractivity contribution is -0.158. The smallest absolute Gasteiger partial charge is 0.441 e. The monoisotopic (exact) mass is 557 g/mol. The van der Waals surface area contributed by atoms with Gasteiger partial charge in [-0.15, -0.1) is 5.48 Å². The molecule has 4 rings (SSSR count). The third kappa shape index (κ3) is 7.61. The number of fused-ring (bicyclic) bond motifs is 1. The lowest BCUT2D eigenvalue weighted by Crippen LogP contribution is -2.50. The third-order valence-electron chi connectivity index (χ3n) is 6.90. The summed E-state index contributed by atoms with van der Waals surface area (Å²) in [5.74, 6) is -1.31. The predicted octanol–water partition coefficient (Wildman–Crippen LogP) is 1.09. The predicted molar refractivity (Wildman–Crippen MR) is 141 cm³/mol. The van der Waals surface area contributed by atoms with Gasteiger partial charge in [-0.2, -0.15) is 5.01 Å². The van der Waals surface area contributed by atoms with Crippen molar-refractivity contribution in [1.29, 1.82) is 0 Å². The summed E-state index contributed by atoms with van der Waals surface area (Å²) in [6, 6.07) is 8.09. The quantitative estimate of drug-likeness (QED) is 0.187. The highest BCUT2D eigenvalue weighted by Gasteiger charge is 2.42. The Morgan fingerprint density at radius 1 is 1.12 bits per heavy atom. The van der Waals surface area contributed by atoms with Gasteiger partial charge < -0.3 is 25.5 Å². The average Bonchev–Trinajstić information content (AvgIpc) is 3.49. The second-order valence-corrected chi connectivity index (χ2v) is 9.83. The summed E-state index contributed by atoms with van der Waals surface area (Å²) in [5, 5.41) is 10.8. The van der Waals surface area contributed by atoms with E-state index in [1.54, 1.807) is 24.3 Å². The summed E-state index contributed by atoms with van der Waals surface area (Å²) in [6.45, 7) is 1.41. The van der Waals surface area contributed by atoms with Crippen LogP contribution in [0.1, 0.15) is 57.4 Å². The number of urea groups is 1. The number of imide groups is 1. The highest BCUT2D eigenvalue weighted by Crippen LogP contribution is 2.24. The minimum absolute atomic E-state index is 0.0156. The van der Waals surface area contributed by atoms with E-state index in [1.165, 1.54) is 19.8 Å². The normalized spacial score (nSPS) is 21.5. The van der Waals surface area contributed by atoms with Crippen molar-refractivity contribution >= 4 is 35.9 Å². The first-order chi connectivity index (χ1) is 19.3. The van der Waals surface area contributed by atoms with Gasteiger partial charge in [0.05, 0.1) is 25.0 Å². The van der Waals surface area contributed by atoms with Gasteiger partial charge in [-0.05, 0) is 31.2 Å². The first-order valence-electron chi connectivity index (χ1n) is 13.5. The van der Waals surface area contributed by atoms with Crippen LogP contribution in [-0.2, 0) is 30.6 Å². The van der Waals surface area contributed by atoms with Gasteiger partial charge in [0.2, 0.25) is 5.91 Å². The Morgan fingerprint density at radius 2 is 1.90 bits per heavy atom. The summed E-state index contributed by atoms with van der Waals surface area (Å²) in [4.78, 5) is 70.9. The van der Waals surface area contributed by atoms with Crippen molar-refractivity contribution in [3.63, 3.8) is 0 Å². The van der Waals surface area contributed by atoms with E-state index < -0.39 is 35.9 Å². The number of carbonyl (C=O) groups is 5. The molecule has 40 heavy (non-hydrogen) atoms. The van der Waals surface area contributed by atoms with E-state index in [4.69, 9.17) is 4.74 Å². The van der Waals surface area contributed by atoms with Crippen molar-refractivity contribution < 1.29 is 33.5 Å². The summed E-state index contributed by atoms with van der Waals surface area (Å²) in [6.07, 6.45) is 4.18. The zero-order valence-electron chi connectivity index (χ0n) is 22.4. The van der Waals surface area contributed by atoms with Gasteiger partial charge in [-0.1, -0.05) is 43.2 Å². The van der Waals surface area contributed by atoms with Crippen LogP contribution in [0.3, 0.4) is 0 Å². The van der Waals surface area contributed by atoms with Crippen LogP contribution in [0.4, 0.5) is 9.59 Å². The Labute approximate surface area is 231 Å². The number of hydrogen-bond acceptors (Lipinski definition) is 10. The number of guanidine groups is 1. The number of carbonyl (C=O) groups excluding carboxylic acids is 5. The van der Waals surface area contributed by atoms with Crippen LogP contribution in [0.2, 0.25) is 0 Å². The van der Waals surface area contributed by atoms with E-state index in [0.29, 0.717) is 36.5 Å². The number of nitrogens with one attached hydrogen (secondary N) is 4.